The fraction of sp³-hybridized carbons (Fsp3) is 0.261. The molecule has 1 amide bonds. The van der Waals surface area contributed by atoms with Crippen molar-refractivity contribution in [2.75, 3.05) is 0 Å². The van der Waals surface area contributed by atoms with Crippen molar-refractivity contribution in [2.24, 2.45) is 0 Å². The van der Waals surface area contributed by atoms with E-state index >= 15 is 0 Å². The van der Waals surface area contributed by atoms with Crippen molar-refractivity contribution in [2.45, 2.75) is 38.5 Å². The number of rotatable bonds is 5. The molecule has 150 valence electrons. The maximum atomic E-state index is 12.5. The molecule has 0 aliphatic heterocycles. The number of carbonyl (C=O) groups is 1. The van der Waals surface area contributed by atoms with E-state index in [2.05, 4.69) is 5.32 Å². The molecule has 29 heavy (non-hydrogen) atoms. The average molecular weight is 392 g/mol. The molecule has 0 aromatic heterocycles. The van der Waals surface area contributed by atoms with E-state index in [1.165, 1.54) is 0 Å². The fourth-order valence-electron chi connectivity index (χ4n) is 3.36. The largest absolute Gasteiger partial charge is 0.444 e. The second-order valence-corrected chi connectivity index (χ2v) is 7.83. The summed E-state index contributed by atoms with van der Waals surface area (Å²) < 4.78 is 5.37. The first-order valence-electron chi connectivity index (χ1n) is 9.42. The van der Waals surface area contributed by atoms with Crippen LogP contribution in [0.5, 0.6) is 0 Å². The van der Waals surface area contributed by atoms with E-state index in [1.54, 1.807) is 57.2 Å². The minimum absolute atomic E-state index is 0.350. The van der Waals surface area contributed by atoms with Crippen LogP contribution in [0.25, 0.3) is 10.8 Å². The van der Waals surface area contributed by atoms with Crippen LogP contribution in [-0.4, -0.2) is 16.6 Å². The standard InChI is InChI=1S/C23H24N2O4/c1-23(2,3)29-22(26)24-20(17-11-5-4-6-12-17)21(25(27)28)19-15-9-13-16-10-7-8-14-18(16)19/h4-15,20-21H,1-3H3,(H,24,26)/t20-,21+/m1/s1. The van der Waals surface area contributed by atoms with E-state index in [4.69, 9.17) is 4.74 Å². The van der Waals surface area contributed by atoms with Crippen LogP contribution in [0.2, 0.25) is 0 Å². The van der Waals surface area contributed by atoms with Crippen molar-refractivity contribution < 1.29 is 14.5 Å². The lowest BCUT2D eigenvalue weighted by Gasteiger charge is -2.26. The highest BCUT2D eigenvalue weighted by atomic mass is 16.6. The molecule has 1 N–H and O–H groups in total. The van der Waals surface area contributed by atoms with E-state index in [-0.39, 0.29) is 4.92 Å². The smallest absolute Gasteiger partial charge is 0.408 e. The van der Waals surface area contributed by atoms with Crippen molar-refractivity contribution >= 4 is 16.9 Å². The zero-order valence-electron chi connectivity index (χ0n) is 16.7. The van der Waals surface area contributed by atoms with Gasteiger partial charge in [-0.3, -0.25) is 10.1 Å². The highest BCUT2D eigenvalue weighted by Gasteiger charge is 2.37. The third kappa shape index (κ3) is 4.90. The molecule has 3 aromatic carbocycles. The van der Waals surface area contributed by atoms with Crippen molar-refractivity contribution in [3.8, 4) is 0 Å². The van der Waals surface area contributed by atoms with Gasteiger partial charge in [-0.2, -0.15) is 0 Å². The summed E-state index contributed by atoms with van der Waals surface area (Å²) >= 11 is 0. The third-order valence-corrected chi connectivity index (χ3v) is 4.52. The molecular formula is C23H24N2O4. The number of fused-ring (bicyclic) bond motifs is 1. The molecular weight excluding hydrogens is 368 g/mol. The van der Waals surface area contributed by atoms with Crippen LogP contribution in [0.15, 0.2) is 72.8 Å². The van der Waals surface area contributed by atoms with Gasteiger partial charge < -0.3 is 10.1 Å². The Bertz CT molecular complexity index is 1010. The van der Waals surface area contributed by atoms with Gasteiger partial charge in [0, 0.05) is 10.5 Å². The van der Waals surface area contributed by atoms with Crippen LogP contribution in [0.1, 0.15) is 44.0 Å². The van der Waals surface area contributed by atoms with Crippen LogP contribution >= 0.6 is 0 Å². The number of carbonyl (C=O) groups excluding carboxylic acids is 1. The number of nitro groups is 1. The third-order valence-electron chi connectivity index (χ3n) is 4.52. The van der Waals surface area contributed by atoms with E-state index in [0.717, 1.165) is 10.8 Å². The minimum Gasteiger partial charge on any atom is -0.444 e. The monoisotopic (exact) mass is 392 g/mol. The lowest BCUT2D eigenvalue weighted by molar-refractivity contribution is -0.534. The molecule has 0 aliphatic rings. The summed E-state index contributed by atoms with van der Waals surface area (Å²) in [6.45, 7) is 5.25. The van der Waals surface area contributed by atoms with Crippen LogP contribution in [0.3, 0.4) is 0 Å². The van der Waals surface area contributed by atoms with Crippen LogP contribution in [-0.2, 0) is 4.74 Å². The van der Waals surface area contributed by atoms with Crippen molar-refractivity contribution in [1.82, 2.24) is 5.32 Å². The van der Waals surface area contributed by atoms with Crippen LogP contribution in [0.4, 0.5) is 4.79 Å². The SMILES string of the molecule is CC(C)(C)OC(=O)N[C@H](c1ccccc1)[C@H](c1cccc2ccccc12)[N+](=O)[O-]. The zero-order valence-corrected chi connectivity index (χ0v) is 16.7. The molecule has 0 spiro atoms. The Morgan fingerprint density at radius 2 is 1.59 bits per heavy atom. The summed E-state index contributed by atoms with van der Waals surface area (Å²) in [5, 5.41) is 16.7. The average Bonchev–Trinajstić information content (AvgIpc) is 2.66. The van der Waals surface area contributed by atoms with Gasteiger partial charge >= 0.3 is 6.09 Å². The summed E-state index contributed by atoms with van der Waals surface area (Å²) in [4.78, 5) is 24.4. The Morgan fingerprint density at radius 1 is 0.966 bits per heavy atom. The summed E-state index contributed by atoms with van der Waals surface area (Å²) in [6, 6.07) is 19.8. The van der Waals surface area contributed by atoms with Crippen LogP contribution < -0.4 is 5.32 Å². The lowest BCUT2D eigenvalue weighted by atomic mass is 9.90. The van der Waals surface area contributed by atoms with Gasteiger partial charge in [-0.25, -0.2) is 4.79 Å². The first-order chi connectivity index (χ1) is 13.8. The number of alkyl carbamates (subject to hydrolysis) is 1. The molecule has 3 rings (SSSR count). The molecule has 0 unspecified atom stereocenters. The van der Waals surface area contributed by atoms with Gasteiger partial charge in [0.2, 0.25) is 0 Å². The molecule has 0 saturated heterocycles. The first-order valence-corrected chi connectivity index (χ1v) is 9.42. The van der Waals surface area contributed by atoms with Gasteiger partial charge in [0.05, 0.1) is 0 Å². The number of benzene rings is 3. The molecule has 0 fully saturated rings. The highest BCUT2D eigenvalue weighted by Crippen LogP contribution is 2.35. The molecule has 0 saturated carbocycles. The first kappa shape index (κ1) is 20.3. The Balaban J connectivity index is 2.10. The summed E-state index contributed by atoms with van der Waals surface area (Å²) in [5.74, 6) is 0. The van der Waals surface area contributed by atoms with Crippen molar-refractivity contribution in [1.29, 1.82) is 0 Å². The second-order valence-electron chi connectivity index (χ2n) is 7.83. The number of hydrogen-bond donors (Lipinski definition) is 1. The zero-order chi connectivity index (χ0) is 21.0. The maximum absolute atomic E-state index is 12.5. The van der Waals surface area contributed by atoms with Gasteiger partial charge in [0.15, 0.2) is 0 Å². The maximum Gasteiger partial charge on any atom is 0.408 e. The minimum atomic E-state index is -1.18. The fourth-order valence-corrected chi connectivity index (χ4v) is 3.36. The molecule has 0 bridgehead atoms. The number of hydrogen-bond acceptors (Lipinski definition) is 4. The molecule has 6 heteroatoms. The molecule has 0 radical (unpaired) electrons. The molecule has 6 nitrogen and oxygen atoms in total. The highest BCUT2D eigenvalue weighted by molar-refractivity contribution is 5.86. The predicted octanol–water partition coefficient (Wildman–Crippen LogP) is 5.42. The summed E-state index contributed by atoms with van der Waals surface area (Å²) in [5.41, 5.74) is 0.459. The molecule has 2 atom stereocenters. The van der Waals surface area contributed by atoms with Crippen molar-refractivity contribution in [3.05, 3.63) is 94.0 Å². The number of amides is 1. The normalized spacial score (nSPS) is 13.5. The lowest BCUT2D eigenvalue weighted by Crippen LogP contribution is -2.39. The topological polar surface area (TPSA) is 81.5 Å². The summed E-state index contributed by atoms with van der Waals surface area (Å²) in [6.07, 6.45) is -0.696. The van der Waals surface area contributed by atoms with Crippen molar-refractivity contribution in [3.63, 3.8) is 0 Å². The van der Waals surface area contributed by atoms with E-state index < -0.39 is 23.8 Å². The Hall–Kier alpha value is -3.41. The number of nitrogens with one attached hydrogen (secondary N) is 1. The Kier molecular flexibility index (Phi) is 5.82. The summed E-state index contributed by atoms with van der Waals surface area (Å²) in [7, 11) is 0. The van der Waals surface area contributed by atoms with Gasteiger partial charge in [0.1, 0.15) is 11.6 Å². The number of ether oxygens (including phenoxy) is 1. The van der Waals surface area contributed by atoms with Gasteiger partial charge in [-0.15, -0.1) is 0 Å². The van der Waals surface area contributed by atoms with Crippen LogP contribution in [0, 0.1) is 10.1 Å². The van der Waals surface area contributed by atoms with E-state index in [1.807, 2.05) is 36.4 Å². The molecule has 0 aliphatic carbocycles. The van der Waals surface area contributed by atoms with Gasteiger partial charge in [-0.05, 0) is 37.1 Å². The predicted molar refractivity (Wildman–Crippen MR) is 112 cm³/mol. The van der Waals surface area contributed by atoms with Gasteiger partial charge in [-0.1, -0.05) is 72.8 Å². The quantitative estimate of drug-likeness (QED) is 0.464. The Morgan fingerprint density at radius 3 is 2.24 bits per heavy atom. The van der Waals surface area contributed by atoms with Gasteiger partial charge in [0.25, 0.3) is 6.04 Å². The molecule has 0 heterocycles. The molecule has 3 aromatic rings. The second kappa shape index (κ2) is 8.31. The van der Waals surface area contributed by atoms with E-state index in [0.29, 0.717) is 11.1 Å². The van der Waals surface area contributed by atoms with E-state index in [9.17, 15) is 14.9 Å². The number of nitrogens with zero attached hydrogens (tertiary/aromatic N) is 1. The Labute approximate surface area is 169 Å².